The molecule has 1 aromatic rings. The van der Waals surface area contributed by atoms with Gasteiger partial charge in [-0.15, -0.1) is 11.3 Å². The van der Waals surface area contributed by atoms with Crippen LogP contribution in [0.1, 0.15) is 0 Å². The van der Waals surface area contributed by atoms with E-state index in [4.69, 9.17) is 5.73 Å². The molecule has 0 spiro atoms. The number of hydrogen-bond acceptors (Lipinski definition) is 5. The second kappa shape index (κ2) is 4.34. The van der Waals surface area contributed by atoms with Gasteiger partial charge in [-0.3, -0.25) is 0 Å². The second-order valence-corrected chi connectivity index (χ2v) is 6.57. The van der Waals surface area contributed by atoms with Gasteiger partial charge in [0.05, 0.1) is 6.20 Å². The molecule has 1 aliphatic rings. The second-order valence-electron chi connectivity index (χ2n) is 3.59. The maximum atomic E-state index is 13.5. The van der Waals surface area contributed by atoms with Crippen LogP contribution in [0.2, 0.25) is 0 Å². The number of urea groups is 1. The van der Waals surface area contributed by atoms with Gasteiger partial charge in [-0.05, 0) is 11.4 Å². The summed E-state index contributed by atoms with van der Waals surface area (Å²) in [6.07, 6.45) is -0.644. The first-order valence-electron chi connectivity index (χ1n) is 4.83. The van der Waals surface area contributed by atoms with E-state index in [-0.39, 0.29) is 4.21 Å². The van der Waals surface area contributed by atoms with Crippen molar-refractivity contribution in [2.24, 2.45) is 5.73 Å². The third-order valence-corrected chi connectivity index (χ3v) is 5.45. The molecule has 0 radical (unpaired) electrons. The van der Waals surface area contributed by atoms with E-state index in [2.05, 4.69) is 0 Å². The maximum absolute atomic E-state index is 13.5. The molecule has 0 saturated heterocycles. The van der Waals surface area contributed by atoms with E-state index in [0.29, 0.717) is 10.5 Å². The number of sulfonamides is 1. The van der Waals surface area contributed by atoms with Gasteiger partial charge in [-0.25, -0.2) is 9.18 Å². The predicted molar refractivity (Wildman–Crippen MR) is 63.7 cm³/mol. The minimum atomic E-state index is -4.07. The lowest BCUT2D eigenvalue weighted by atomic mass is 10.3. The lowest BCUT2D eigenvalue weighted by Crippen LogP contribution is -2.53. The van der Waals surface area contributed by atoms with Crippen molar-refractivity contribution in [2.75, 3.05) is 7.05 Å². The van der Waals surface area contributed by atoms with Gasteiger partial charge >= 0.3 is 6.03 Å². The summed E-state index contributed by atoms with van der Waals surface area (Å²) >= 11 is 0.945. The highest BCUT2D eigenvalue weighted by Gasteiger charge is 2.38. The SMILES string of the molecule is CN1C(=O)N(S(=O)(=O)c2cccs2)C=C(F)C1N. The molecule has 1 atom stereocenters. The van der Waals surface area contributed by atoms with E-state index in [1.807, 2.05) is 0 Å². The summed E-state index contributed by atoms with van der Waals surface area (Å²) in [5.74, 6) is -0.891. The number of nitrogens with two attached hydrogens (primary N) is 1. The molecule has 6 nitrogen and oxygen atoms in total. The first kappa shape index (κ1) is 13.0. The highest BCUT2D eigenvalue weighted by Crippen LogP contribution is 2.26. The summed E-state index contributed by atoms with van der Waals surface area (Å²) < 4.78 is 38.0. The molecule has 2 rings (SSSR count). The Bertz CT molecular complexity index is 597. The molecular formula is C9H10FN3O3S2. The molecule has 9 heteroatoms. The number of carbonyl (C=O) groups is 1. The van der Waals surface area contributed by atoms with Crippen LogP contribution in [0.15, 0.2) is 33.7 Å². The Morgan fingerprint density at radius 3 is 2.72 bits per heavy atom. The number of likely N-dealkylation sites (N-methyl/N-ethyl adjacent to an activating group) is 1. The van der Waals surface area contributed by atoms with Crippen LogP contribution in [0.4, 0.5) is 9.18 Å². The standard InChI is InChI=1S/C9H10FN3O3S2/c1-12-8(11)6(10)5-13(9(12)14)18(15,16)7-3-2-4-17-7/h2-5,8H,11H2,1H3. The van der Waals surface area contributed by atoms with E-state index >= 15 is 0 Å². The minimum absolute atomic E-state index is 0.0382. The van der Waals surface area contributed by atoms with Crippen molar-refractivity contribution in [2.45, 2.75) is 10.4 Å². The quantitative estimate of drug-likeness (QED) is 0.877. The van der Waals surface area contributed by atoms with Gasteiger partial charge < -0.3 is 10.6 Å². The zero-order valence-electron chi connectivity index (χ0n) is 9.28. The zero-order valence-corrected chi connectivity index (χ0v) is 10.9. The third-order valence-electron chi connectivity index (χ3n) is 2.44. The van der Waals surface area contributed by atoms with E-state index in [1.54, 1.807) is 5.38 Å². The lowest BCUT2D eigenvalue weighted by molar-refractivity contribution is 0.171. The molecule has 2 heterocycles. The maximum Gasteiger partial charge on any atom is 0.339 e. The first-order valence-corrected chi connectivity index (χ1v) is 7.15. The fourth-order valence-corrected chi connectivity index (χ4v) is 3.74. The molecule has 2 N–H and O–H groups in total. The Morgan fingerprint density at radius 2 is 2.17 bits per heavy atom. The number of thiophene rings is 1. The lowest BCUT2D eigenvalue weighted by Gasteiger charge is -2.32. The highest BCUT2D eigenvalue weighted by atomic mass is 32.2. The van der Waals surface area contributed by atoms with Crippen molar-refractivity contribution in [3.8, 4) is 0 Å². The van der Waals surface area contributed by atoms with Gasteiger partial charge in [-0.2, -0.15) is 12.7 Å². The molecule has 1 unspecified atom stereocenters. The van der Waals surface area contributed by atoms with Crippen LogP contribution < -0.4 is 5.73 Å². The number of hydrogen-bond donors (Lipinski definition) is 1. The first-order chi connectivity index (χ1) is 8.35. The zero-order chi connectivity index (χ0) is 13.5. The van der Waals surface area contributed by atoms with Gasteiger partial charge in [0.2, 0.25) is 0 Å². The third kappa shape index (κ3) is 1.89. The Morgan fingerprint density at radius 1 is 1.50 bits per heavy atom. The van der Waals surface area contributed by atoms with Crippen LogP contribution >= 0.6 is 11.3 Å². The molecule has 0 aromatic carbocycles. The predicted octanol–water partition coefficient (Wildman–Crippen LogP) is 0.900. The normalized spacial score (nSPS) is 21.2. The summed E-state index contributed by atoms with van der Waals surface area (Å²) in [7, 11) is -2.84. The summed E-state index contributed by atoms with van der Waals surface area (Å²) in [6.45, 7) is 0. The molecule has 0 fully saturated rings. The van der Waals surface area contributed by atoms with Crippen LogP contribution in [-0.2, 0) is 10.0 Å². The molecule has 1 aliphatic heterocycles. The van der Waals surface area contributed by atoms with Crippen LogP contribution in [0.25, 0.3) is 0 Å². The largest absolute Gasteiger partial charge is 0.339 e. The highest BCUT2D eigenvalue weighted by molar-refractivity contribution is 7.91. The Labute approximate surface area is 107 Å². The number of halogens is 1. The van der Waals surface area contributed by atoms with Gasteiger partial charge in [0.1, 0.15) is 10.4 Å². The molecule has 98 valence electrons. The smallest absolute Gasteiger partial charge is 0.305 e. The van der Waals surface area contributed by atoms with Crippen LogP contribution in [-0.4, -0.2) is 36.9 Å². The van der Waals surface area contributed by atoms with E-state index in [1.165, 1.54) is 19.2 Å². The van der Waals surface area contributed by atoms with Crippen molar-refractivity contribution in [1.82, 2.24) is 9.21 Å². The van der Waals surface area contributed by atoms with E-state index in [9.17, 15) is 17.6 Å². The molecule has 1 aromatic heterocycles. The van der Waals surface area contributed by atoms with Crippen molar-refractivity contribution in [3.05, 3.63) is 29.5 Å². The number of amides is 2. The average Bonchev–Trinajstić information content (AvgIpc) is 2.85. The minimum Gasteiger partial charge on any atom is -0.305 e. The van der Waals surface area contributed by atoms with Gasteiger partial charge in [-0.1, -0.05) is 6.07 Å². The van der Waals surface area contributed by atoms with Crippen molar-refractivity contribution in [3.63, 3.8) is 0 Å². The number of carbonyl (C=O) groups excluding carboxylic acids is 1. The van der Waals surface area contributed by atoms with Crippen molar-refractivity contribution in [1.29, 1.82) is 0 Å². The van der Waals surface area contributed by atoms with Gasteiger partial charge in [0, 0.05) is 7.05 Å². The topological polar surface area (TPSA) is 83.7 Å². The molecule has 0 saturated carbocycles. The molecule has 2 amide bonds. The summed E-state index contributed by atoms with van der Waals surface area (Å²) in [6, 6.07) is 1.98. The van der Waals surface area contributed by atoms with Crippen LogP contribution in [0, 0.1) is 0 Å². The Balaban J connectivity index is 2.49. The van der Waals surface area contributed by atoms with Gasteiger partial charge in [0.25, 0.3) is 10.0 Å². The molecular weight excluding hydrogens is 281 g/mol. The Kier molecular flexibility index (Phi) is 3.13. The fourth-order valence-electron chi connectivity index (χ4n) is 1.38. The molecule has 0 aliphatic carbocycles. The van der Waals surface area contributed by atoms with Crippen LogP contribution in [0.5, 0.6) is 0 Å². The van der Waals surface area contributed by atoms with Crippen molar-refractivity contribution < 1.29 is 17.6 Å². The summed E-state index contributed by atoms with van der Waals surface area (Å²) in [5.41, 5.74) is 5.38. The summed E-state index contributed by atoms with van der Waals surface area (Å²) in [5, 5.41) is 1.55. The van der Waals surface area contributed by atoms with Gasteiger partial charge in [0.15, 0.2) is 5.83 Å². The van der Waals surface area contributed by atoms with E-state index < -0.39 is 28.0 Å². The number of nitrogens with zero attached hydrogens (tertiary/aromatic N) is 2. The molecule has 18 heavy (non-hydrogen) atoms. The number of rotatable bonds is 2. The monoisotopic (exact) mass is 291 g/mol. The average molecular weight is 291 g/mol. The van der Waals surface area contributed by atoms with Crippen LogP contribution in [0.3, 0.4) is 0 Å². The van der Waals surface area contributed by atoms with E-state index in [0.717, 1.165) is 16.2 Å². The Hall–Kier alpha value is -1.45. The summed E-state index contributed by atoms with van der Waals surface area (Å²) in [4.78, 5) is 12.6. The van der Waals surface area contributed by atoms with Crippen molar-refractivity contribution >= 4 is 27.4 Å². The fraction of sp³-hybridized carbons (Fsp3) is 0.222. The molecule has 0 bridgehead atoms.